The number of hydrogen-bond donors (Lipinski definition) is 3. The largest absolute Gasteiger partial charge is 0.478 e. The summed E-state index contributed by atoms with van der Waals surface area (Å²) in [5.41, 5.74) is 0.194. The summed E-state index contributed by atoms with van der Waals surface area (Å²) in [6.07, 6.45) is 1.84. The molecule has 21 heavy (non-hydrogen) atoms. The summed E-state index contributed by atoms with van der Waals surface area (Å²) in [4.78, 5) is 34.3. The summed E-state index contributed by atoms with van der Waals surface area (Å²) in [7, 11) is 0. The minimum absolute atomic E-state index is 0.0909. The molecule has 0 heterocycles. The molecule has 0 fully saturated rings. The number of carboxylic acids is 1. The summed E-state index contributed by atoms with van der Waals surface area (Å²) in [6.45, 7) is 2.55. The van der Waals surface area contributed by atoms with E-state index in [0.717, 1.165) is 17.7 Å². The number of imide groups is 1. The van der Waals surface area contributed by atoms with Crippen molar-refractivity contribution in [1.82, 2.24) is 10.6 Å². The van der Waals surface area contributed by atoms with Gasteiger partial charge in [-0.15, -0.1) is 11.8 Å². The van der Waals surface area contributed by atoms with E-state index < -0.39 is 17.9 Å². The van der Waals surface area contributed by atoms with E-state index >= 15 is 0 Å². The van der Waals surface area contributed by atoms with Crippen LogP contribution >= 0.6 is 11.8 Å². The molecule has 0 saturated carbocycles. The highest BCUT2D eigenvalue weighted by molar-refractivity contribution is 8.00. The topological polar surface area (TPSA) is 95.5 Å². The van der Waals surface area contributed by atoms with Crippen molar-refractivity contribution >= 4 is 29.7 Å². The van der Waals surface area contributed by atoms with Gasteiger partial charge in [0, 0.05) is 11.4 Å². The Bertz CT molecular complexity index is 502. The fourth-order valence-corrected chi connectivity index (χ4v) is 2.13. The van der Waals surface area contributed by atoms with Gasteiger partial charge in [0.25, 0.3) is 0 Å². The lowest BCUT2D eigenvalue weighted by Gasteiger charge is -2.06. The monoisotopic (exact) mass is 310 g/mol. The maximum Gasteiger partial charge on any atom is 0.335 e. The minimum Gasteiger partial charge on any atom is -0.478 e. The highest BCUT2D eigenvalue weighted by atomic mass is 32.2. The number of nitrogens with one attached hydrogen (secondary N) is 2. The third kappa shape index (κ3) is 6.80. The number of amides is 3. The van der Waals surface area contributed by atoms with Crippen LogP contribution in [-0.2, 0) is 4.79 Å². The maximum atomic E-state index is 11.5. The Labute approximate surface area is 127 Å². The molecule has 1 rings (SSSR count). The van der Waals surface area contributed by atoms with E-state index in [-0.39, 0.29) is 11.3 Å². The average Bonchev–Trinajstić information content (AvgIpc) is 2.46. The Balaban J connectivity index is 2.32. The molecule has 0 aliphatic rings. The van der Waals surface area contributed by atoms with Crippen LogP contribution in [0.3, 0.4) is 0 Å². The van der Waals surface area contributed by atoms with Gasteiger partial charge in [-0.25, -0.2) is 9.59 Å². The second kappa shape index (κ2) is 9.02. The molecule has 0 bridgehead atoms. The van der Waals surface area contributed by atoms with Gasteiger partial charge in [-0.2, -0.15) is 0 Å². The highest BCUT2D eigenvalue weighted by Crippen LogP contribution is 2.18. The van der Waals surface area contributed by atoms with Gasteiger partial charge >= 0.3 is 12.0 Å². The van der Waals surface area contributed by atoms with Crippen molar-refractivity contribution in [2.75, 3.05) is 12.3 Å². The number of carbonyl (C=O) groups excluding carboxylic acids is 2. The summed E-state index contributed by atoms with van der Waals surface area (Å²) < 4.78 is 0. The van der Waals surface area contributed by atoms with Crippen molar-refractivity contribution in [3.05, 3.63) is 29.8 Å². The number of aromatic carboxylic acids is 1. The number of unbranched alkanes of at least 4 members (excludes halogenated alkanes) is 1. The number of benzene rings is 1. The molecule has 3 N–H and O–H groups in total. The van der Waals surface area contributed by atoms with Crippen LogP contribution in [0.25, 0.3) is 0 Å². The van der Waals surface area contributed by atoms with Crippen molar-refractivity contribution in [3.8, 4) is 0 Å². The van der Waals surface area contributed by atoms with Gasteiger partial charge in [-0.3, -0.25) is 10.1 Å². The van der Waals surface area contributed by atoms with E-state index in [9.17, 15) is 14.4 Å². The van der Waals surface area contributed by atoms with Gasteiger partial charge in [-0.05, 0) is 30.7 Å². The van der Waals surface area contributed by atoms with E-state index in [4.69, 9.17) is 5.11 Å². The van der Waals surface area contributed by atoms with Gasteiger partial charge in [0.15, 0.2) is 0 Å². The van der Waals surface area contributed by atoms with Crippen LogP contribution in [0, 0.1) is 0 Å². The molecule has 114 valence electrons. The molecule has 3 amide bonds. The quantitative estimate of drug-likeness (QED) is 0.529. The van der Waals surface area contributed by atoms with Crippen molar-refractivity contribution in [3.63, 3.8) is 0 Å². The van der Waals surface area contributed by atoms with Crippen LogP contribution in [0.1, 0.15) is 30.1 Å². The lowest BCUT2D eigenvalue weighted by Crippen LogP contribution is -2.40. The zero-order valence-corrected chi connectivity index (χ0v) is 12.5. The number of carbonyl (C=O) groups is 3. The van der Waals surface area contributed by atoms with Crippen LogP contribution < -0.4 is 10.6 Å². The molecule has 7 heteroatoms. The van der Waals surface area contributed by atoms with Crippen LogP contribution in [0.2, 0.25) is 0 Å². The van der Waals surface area contributed by atoms with Gasteiger partial charge in [0.05, 0.1) is 11.3 Å². The lowest BCUT2D eigenvalue weighted by molar-refractivity contribution is -0.117. The van der Waals surface area contributed by atoms with Crippen LogP contribution in [-0.4, -0.2) is 35.3 Å². The van der Waals surface area contributed by atoms with Crippen molar-refractivity contribution in [1.29, 1.82) is 0 Å². The van der Waals surface area contributed by atoms with E-state index in [1.807, 2.05) is 6.92 Å². The Kier molecular flexibility index (Phi) is 7.31. The van der Waals surface area contributed by atoms with Crippen molar-refractivity contribution in [2.24, 2.45) is 0 Å². The molecule has 0 spiro atoms. The third-order valence-electron chi connectivity index (χ3n) is 2.54. The molecule has 0 aliphatic carbocycles. The van der Waals surface area contributed by atoms with E-state index in [0.29, 0.717) is 6.54 Å². The Morgan fingerprint density at radius 3 is 2.43 bits per heavy atom. The van der Waals surface area contributed by atoms with Gasteiger partial charge in [0.1, 0.15) is 0 Å². The molecule has 0 atom stereocenters. The number of carboxylic acid groups (broad SMARTS) is 1. The second-order valence-corrected chi connectivity index (χ2v) is 5.32. The SMILES string of the molecule is CCCCNC(=O)NC(=O)CSc1ccc(C(=O)O)cc1. The molecule has 0 saturated heterocycles. The number of thioether (sulfide) groups is 1. The minimum atomic E-state index is -0.993. The first-order valence-electron chi connectivity index (χ1n) is 6.56. The van der Waals surface area contributed by atoms with Crippen LogP contribution in [0.4, 0.5) is 4.79 Å². The number of urea groups is 1. The number of rotatable bonds is 7. The highest BCUT2D eigenvalue weighted by Gasteiger charge is 2.08. The first kappa shape index (κ1) is 17.0. The smallest absolute Gasteiger partial charge is 0.335 e. The molecule has 0 radical (unpaired) electrons. The second-order valence-electron chi connectivity index (χ2n) is 4.28. The Hall–Kier alpha value is -2.02. The molecule has 0 aromatic heterocycles. The summed E-state index contributed by atoms with van der Waals surface area (Å²) in [5, 5.41) is 13.6. The fourth-order valence-electron chi connectivity index (χ4n) is 1.43. The maximum absolute atomic E-state index is 11.5. The fraction of sp³-hybridized carbons (Fsp3) is 0.357. The standard InChI is InChI=1S/C14H18N2O4S/c1-2-3-8-15-14(20)16-12(17)9-21-11-6-4-10(5-7-11)13(18)19/h4-7H,2-3,8-9H2,1H3,(H,18,19)(H2,15,16,17,20). The zero-order valence-electron chi connectivity index (χ0n) is 11.7. The Morgan fingerprint density at radius 2 is 1.86 bits per heavy atom. The zero-order chi connectivity index (χ0) is 15.7. The average molecular weight is 310 g/mol. The predicted octanol–water partition coefficient (Wildman–Crippen LogP) is 2.10. The third-order valence-corrected chi connectivity index (χ3v) is 3.55. The van der Waals surface area contributed by atoms with Gasteiger partial charge in [0.2, 0.25) is 5.91 Å². The normalized spacial score (nSPS) is 9.95. The van der Waals surface area contributed by atoms with E-state index in [2.05, 4.69) is 10.6 Å². The Morgan fingerprint density at radius 1 is 1.19 bits per heavy atom. The molecule has 1 aromatic carbocycles. The van der Waals surface area contributed by atoms with Crippen molar-refractivity contribution in [2.45, 2.75) is 24.7 Å². The summed E-state index contributed by atoms with van der Waals surface area (Å²) in [6, 6.07) is 5.71. The van der Waals surface area contributed by atoms with Gasteiger partial charge < -0.3 is 10.4 Å². The first-order chi connectivity index (χ1) is 10.0. The molecular weight excluding hydrogens is 292 g/mol. The van der Waals surface area contributed by atoms with Crippen molar-refractivity contribution < 1.29 is 19.5 Å². The predicted molar refractivity (Wildman–Crippen MR) is 80.6 cm³/mol. The number of hydrogen-bond acceptors (Lipinski definition) is 4. The molecular formula is C14H18N2O4S. The molecule has 0 unspecified atom stereocenters. The van der Waals surface area contributed by atoms with Gasteiger partial charge in [-0.1, -0.05) is 13.3 Å². The van der Waals surface area contributed by atoms with Crippen LogP contribution in [0.5, 0.6) is 0 Å². The molecule has 6 nitrogen and oxygen atoms in total. The lowest BCUT2D eigenvalue weighted by atomic mass is 10.2. The summed E-state index contributed by atoms with van der Waals surface area (Å²) in [5.74, 6) is -1.29. The van der Waals surface area contributed by atoms with Crippen LogP contribution in [0.15, 0.2) is 29.2 Å². The molecule has 1 aromatic rings. The first-order valence-corrected chi connectivity index (χ1v) is 7.55. The van der Waals surface area contributed by atoms with E-state index in [1.54, 1.807) is 12.1 Å². The molecule has 0 aliphatic heterocycles. The van der Waals surface area contributed by atoms with E-state index in [1.165, 1.54) is 23.9 Å². The summed E-state index contributed by atoms with van der Waals surface area (Å²) >= 11 is 1.23.